The molecule has 1 spiro atoms. The lowest BCUT2D eigenvalue weighted by molar-refractivity contribution is -0.154. The number of nitrogens with zero attached hydrogens (tertiary/aromatic N) is 3. The summed E-state index contributed by atoms with van der Waals surface area (Å²) in [5.41, 5.74) is 0.577. The predicted octanol–water partition coefficient (Wildman–Crippen LogP) is 2.15. The highest BCUT2D eigenvalue weighted by Gasteiger charge is 2.75. The number of esters is 1. The first-order valence-electron chi connectivity index (χ1n) is 13.0. The maximum Gasteiger partial charge on any atom is 0.312 e. The van der Waals surface area contributed by atoms with Crippen LogP contribution in [0.1, 0.15) is 26.7 Å². The van der Waals surface area contributed by atoms with Gasteiger partial charge in [0.1, 0.15) is 18.2 Å². The average Bonchev–Trinajstić information content (AvgIpc) is 3.54. The Hall–Kier alpha value is -3.17. The Morgan fingerprint density at radius 1 is 1.19 bits per heavy atom. The highest BCUT2D eigenvalue weighted by molar-refractivity contribution is 6.04. The lowest BCUT2D eigenvalue weighted by Gasteiger charge is -2.36. The number of likely N-dealkylation sites (tertiary alicyclic amines) is 1. The molecule has 200 valence electrons. The second kappa shape index (κ2) is 11.1. The van der Waals surface area contributed by atoms with E-state index in [1.807, 2.05) is 24.3 Å². The summed E-state index contributed by atoms with van der Waals surface area (Å²) in [6.45, 7) is 13.2. The van der Waals surface area contributed by atoms with Crippen molar-refractivity contribution >= 4 is 29.2 Å². The van der Waals surface area contributed by atoms with Crippen molar-refractivity contribution in [3.05, 3.63) is 49.6 Å². The molecule has 3 aliphatic rings. The number of hydrogen-bond donors (Lipinski definition) is 1. The van der Waals surface area contributed by atoms with E-state index >= 15 is 0 Å². The molecule has 0 saturated carbocycles. The third-order valence-electron chi connectivity index (χ3n) is 7.86. The molecule has 3 saturated heterocycles. The molecule has 1 N–H and O–H groups in total. The Balaban J connectivity index is 1.69. The summed E-state index contributed by atoms with van der Waals surface area (Å²) in [6.07, 6.45) is 3.65. The standard InChI is InChI=1S/C28H37N3O6/c1-5-15-30(20-11-9-19(10-12-20)29(7-3)8-4)26(34)24-28-14-13-21(37-28)22(27(35)36-18-6-2)23(28)25(33)31(24)16-17-32/h5-6,9-12,21-24,32H,1-2,7-8,13-18H2,3-4H3/t21-,22+,23+,24?,28?/m1/s1. The molecule has 2 bridgehead atoms. The number of anilines is 2. The monoisotopic (exact) mass is 511 g/mol. The van der Waals surface area contributed by atoms with E-state index in [0.29, 0.717) is 18.5 Å². The quantitative estimate of drug-likeness (QED) is 0.339. The van der Waals surface area contributed by atoms with Crippen LogP contribution in [-0.2, 0) is 23.9 Å². The topological polar surface area (TPSA) is 99.6 Å². The van der Waals surface area contributed by atoms with Crippen LogP contribution in [0.3, 0.4) is 0 Å². The van der Waals surface area contributed by atoms with Gasteiger partial charge in [0.05, 0.1) is 24.5 Å². The van der Waals surface area contributed by atoms with Gasteiger partial charge in [-0.05, 0) is 51.0 Å². The minimum absolute atomic E-state index is 0.0290. The van der Waals surface area contributed by atoms with E-state index < -0.39 is 35.6 Å². The van der Waals surface area contributed by atoms with Crippen molar-refractivity contribution in [3.63, 3.8) is 0 Å². The van der Waals surface area contributed by atoms with Crippen LogP contribution in [0.15, 0.2) is 49.6 Å². The fraction of sp³-hybridized carbons (Fsp3) is 0.536. The summed E-state index contributed by atoms with van der Waals surface area (Å²) < 4.78 is 11.7. The van der Waals surface area contributed by atoms with Gasteiger partial charge < -0.3 is 29.3 Å². The van der Waals surface area contributed by atoms with E-state index in [1.165, 1.54) is 11.0 Å². The SMILES string of the molecule is C=CCOC(=O)[C@@H]1[C@H]2C(=O)N(CCO)C(C(=O)N(CC=C)c3ccc(N(CC)CC)cc3)C23CC[C@H]1O3. The number of rotatable bonds is 12. The van der Waals surface area contributed by atoms with Crippen LogP contribution in [-0.4, -0.2) is 84.9 Å². The Kier molecular flexibility index (Phi) is 8.04. The number of fused-ring (bicyclic) bond motifs is 1. The molecule has 3 fully saturated rings. The van der Waals surface area contributed by atoms with Crippen LogP contribution >= 0.6 is 0 Å². The van der Waals surface area contributed by atoms with Crippen LogP contribution < -0.4 is 9.80 Å². The lowest BCUT2D eigenvalue weighted by Crippen LogP contribution is -2.56. The van der Waals surface area contributed by atoms with E-state index in [9.17, 15) is 19.5 Å². The maximum atomic E-state index is 14.3. The van der Waals surface area contributed by atoms with Crippen molar-refractivity contribution in [2.75, 3.05) is 49.2 Å². The van der Waals surface area contributed by atoms with Crippen molar-refractivity contribution in [1.29, 1.82) is 0 Å². The molecule has 1 aromatic carbocycles. The molecule has 2 unspecified atom stereocenters. The van der Waals surface area contributed by atoms with Gasteiger partial charge in [-0.2, -0.15) is 0 Å². The van der Waals surface area contributed by atoms with E-state index in [4.69, 9.17) is 9.47 Å². The molecule has 37 heavy (non-hydrogen) atoms. The van der Waals surface area contributed by atoms with E-state index in [0.717, 1.165) is 18.8 Å². The van der Waals surface area contributed by atoms with Gasteiger partial charge in [-0.15, -0.1) is 6.58 Å². The van der Waals surface area contributed by atoms with Crippen LogP contribution in [0.2, 0.25) is 0 Å². The molecule has 0 aliphatic carbocycles. The number of benzene rings is 1. The Morgan fingerprint density at radius 2 is 1.86 bits per heavy atom. The first-order valence-corrected chi connectivity index (χ1v) is 13.0. The summed E-state index contributed by atoms with van der Waals surface area (Å²) in [6, 6.07) is 6.75. The highest BCUT2D eigenvalue weighted by atomic mass is 16.6. The van der Waals surface area contributed by atoms with Crippen molar-refractivity contribution in [3.8, 4) is 0 Å². The van der Waals surface area contributed by atoms with Gasteiger partial charge in [-0.3, -0.25) is 14.4 Å². The Morgan fingerprint density at radius 3 is 2.46 bits per heavy atom. The Bertz CT molecular complexity index is 1040. The molecule has 3 aliphatic heterocycles. The summed E-state index contributed by atoms with van der Waals surface area (Å²) >= 11 is 0. The zero-order valence-electron chi connectivity index (χ0n) is 21.7. The number of carbonyl (C=O) groups excluding carboxylic acids is 3. The molecular weight excluding hydrogens is 474 g/mol. The average molecular weight is 512 g/mol. The van der Waals surface area contributed by atoms with E-state index in [2.05, 4.69) is 31.9 Å². The van der Waals surface area contributed by atoms with Crippen LogP contribution in [0.5, 0.6) is 0 Å². The summed E-state index contributed by atoms with van der Waals surface area (Å²) in [5, 5.41) is 9.77. The largest absolute Gasteiger partial charge is 0.461 e. The summed E-state index contributed by atoms with van der Waals surface area (Å²) in [5.74, 6) is -2.82. The number of β-amino-alcohol motifs (C(OH)–C–C–N with tert-alkyl or cyclic N) is 1. The number of aliphatic hydroxyl groups excluding tert-OH is 1. The summed E-state index contributed by atoms with van der Waals surface area (Å²) in [4.78, 5) is 46.1. The number of aliphatic hydroxyl groups is 1. The van der Waals surface area contributed by atoms with Gasteiger partial charge in [-0.25, -0.2) is 0 Å². The minimum Gasteiger partial charge on any atom is -0.461 e. The number of ether oxygens (including phenoxy) is 2. The molecule has 4 rings (SSSR count). The van der Waals surface area contributed by atoms with Crippen molar-refractivity contribution < 1.29 is 29.0 Å². The summed E-state index contributed by atoms with van der Waals surface area (Å²) in [7, 11) is 0. The molecule has 9 nitrogen and oxygen atoms in total. The van der Waals surface area contributed by atoms with E-state index in [1.54, 1.807) is 11.0 Å². The van der Waals surface area contributed by atoms with Crippen molar-refractivity contribution in [2.45, 2.75) is 44.4 Å². The van der Waals surface area contributed by atoms with Crippen LogP contribution in [0.4, 0.5) is 11.4 Å². The van der Waals surface area contributed by atoms with Gasteiger partial charge >= 0.3 is 5.97 Å². The molecule has 1 aromatic rings. The number of carbonyl (C=O) groups is 3. The number of amides is 2. The van der Waals surface area contributed by atoms with Gasteiger partial charge in [0.2, 0.25) is 5.91 Å². The molecule has 0 aromatic heterocycles. The highest BCUT2D eigenvalue weighted by Crippen LogP contribution is 2.58. The molecule has 3 heterocycles. The smallest absolute Gasteiger partial charge is 0.312 e. The van der Waals surface area contributed by atoms with Gasteiger partial charge in [0.25, 0.3) is 5.91 Å². The molecule has 0 radical (unpaired) electrons. The zero-order chi connectivity index (χ0) is 26.7. The second-order valence-corrected chi connectivity index (χ2v) is 9.66. The normalized spacial score (nSPS) is 27.6. The molecule has 2 amide bonds. The zero-order valence-corrected chi connectivity index (χ0v) is 21.7. The maximum absolute atomic E-state index is 14.3. The fourth-order valence-corrected chi connectivity index (χ4v) is 6.32. The van der Waals surface area contributed by atoms with Gasteiger partial charge in [0.15, 0.2) is 0 Å². The third kappa shape index (κ3) is 4.44. The van der Waals surface area contributed by atoms with Crippen LogP contribution in [0.25, 0.3) is 0 Å². The first-order chi connectivity index (χ1) is 17.9. The van der Waals surface area contributed by atoms with E-state index in [-0.39, 0.29) is 38.1 Å². The Labute approximate surface area is 218 Å². The van der Waals surface area contributed by atoms with Gasteiger partial charge in [-0.1, -0.05) is 18.7 Å². The van der Waals surface area contributed by atoms with Crippen LogP contribution in [0, 0.1) is 11.8 Å². The van der Waals surface area contributed by atoms with Gasteiger partial charge in [0, 0.05) is 37.6 Å². The van der Waals surface area contributed by atoms with Crippen molar-refractivity contribution in [1.82, 2.24) is 4.90 Å². The predicted molar refractivity (Wildman–Crippen MR) is 140 cm³/mol. The molecule has 9 heteroatoms. The minimum atomic E-state index is -1.15. The second-order valence-electron chi connectivity index (χ2n) is 9.66. The third-order valence-corrected chi connectivity index (χ3v) is 7.86. The molecule has 5 atom stereocenters. The van der Waals surface area contributed by atoms with Crippen molar-refractivity contribution in [2.24, 2.45) is 11.8 Å². The number of hydrogen-bond acceptors (Lipinski definition) is 7. The first kappa shape index (κ1) is 26.9. The fourth-order valence-electron chi connectivity index (χ4n) is 6.32. The molecular formula is C28H37N3O6. The lowest BCUT2D eigenvalue weighted by atomic mass is 9.70.